The largest absolute Gasteiger partial charge is 0.444 e. The molecular weight excluding hydrogens is 685 g/mol. The number of carbonyl (C=O) groups is 3. The van der Waals surface area contributed by atoms with E-state index in [1.807, 2.05) is 80.8 Å². The minimum Gasteiger partial charge on any atom is -0.444 e. The van der Waals surface area contributed by atoms with Gasteiger partial charge in [0.2, 0.25) is 5.91 Å². The van der Waals surface area contributed by atoms with Crippen molar-refractivity contribution in [3.63, 3.8) is 0 Å². The zero-order valence-corrected chi connectivity index (χ0v) is 32.0. The highest BCUT2D eigenvalue weighted by atomic mass is 32.1. The lowest BCUT2D eigenvalue weighted by Crippen LogP contribution is -2.55. The number of thiazole rings is 2. The lowest BCUT2D eigenvalue weighted by atomic mass is 9.93. The number of aromatic nitrogens is 2. The average molecular weight is 737 g/mol. The summed E-state index contributed by atoms with van der Waals surface area (Å²) in [6.45, 7) is 14.3. The number of rotatable bonds is 19. The second-order valence-electron chi connectivity index (χ2n) is 13.1. The van der Waals surface area contributed by atoms with Gasteiger partial charge in [0.25, 0.3) is 0 Å². The van der Waals surface area contributed by atoms with E-state index in [2.05, 4.69) is 46.3 Å². The van der Waals surface area contributed by atoms with Crippen molar-refractivity contribution < 1.29 is 24.2 Å². The highest BCUT2D eigenvalue weighted by Crippen LogP contribution is 2.20. The minimum absolute atomic E-state index is 0.0575. The fourth-order valence-corrected chi connectivity index (χ4v) is 6.51. The molecule has 51 heavy (non-hydrogen) atoms. The summed E-state index contributed by atoms with van der Waals surface area (Å²) < 4.78 is 5.42. The minimum atomic E-state index is -1.08. The zero-order valence-electron chi connectivity index (χ0n) is 30.4. The third kappa shape index (κ3) is 14.4. The maximum Gasteiger partial charge on any atom is 0.407 e. The van der Waals surface area contributed by atoms with E-state index in [0.29, 0.717) is 25.3 Å². The molecule has 2 unspecified atom stereocenters. The molecule has 0 saturated heterocycles. The molecular formula is C38H52N6O5S2. The lowest BCUT2D eigenvalue weighted by Gasteiger charge is -2.30. The van der Waals surface area contributed by atoms with Crippen molar-refractivity contribution in [3.8, 4) is 0 Å². The number of hydrogen-bond acceptors (Lipinski definition) is 9. The molecule has 0 fully saturated rings. The summed E-state index contributed by atoms with van der Waals surface area (Å²) in [5.41, 5.74) is 4.09. The average Bonchev–Trinajstić information content (AvgIpc) is 3.79. The number of aliphatic hydroxyl groups is 1. The van der Waals surface area contributed by atoms with Gasteiger partial charge in [-0.2, -0.15) is 0 Å². The molecule has 2 heterocycles. The monoisotopic (exact) mass is 736 g/mol. The Balaban J connectivity index is 1.76. The fourth-order valence-electron chi connectivity index (χ4n) is 5.18. The smallest absolute Gasteiger partial charge is 0.407 e. The number of hydrogen-bond donors (Lipinski definition) is 4. The summed E-state index contributed by atoms with van der Waals surface area (Å²) in [7, 11) is 1.67. The number of nitrogens with one attached hydrogen (secondary N) is 3. The number of carbonyl (C=O) groups excluding carboxylic acids is 3. The van der Waals surface area contributed by atoms with Gasteiger partial charge in [-0.05, 0) is 37.7 Å². The molecule has 0 bridgehead atoms. The lowest BCUT2D eigenvalue weighted by molar-refractivity contribution is -0.124. The molecule has 11 nitrogen and oxygen atoms in total. The van der Waals surface area contributed by atoms with Crippen LogP contribution >= 0.6 is 22.7 Å². The van der Waals surface area contributed by atoms with Gasteiger partial charge in [-0.3, -0.25) is 9.78 Å². The van der Waals surface area contributed by atoms with Crippen molar-refractivity contribution >= 4 is 40.7 Å². The Hall–Kier alpha value is -4.33. The van der Waals surface area contributed by atoms with Crippen LogP contribution < -0.4 is 16.0 Å². The number of allylic oxidation sites excluding steroid dienone is 4. The molecule has 0 spiro atoms. The predicted molar refractivity (Wildman–Crippen MR) is 204 cm³/mol. The molecule has 0 aliphatic carbocycles. The van der Waals surface area contributed by atoms with Crippen molar-refractivity contribution in [2.75, 3.05) is 7.05 Å². The van der Waals surface area contributed by atoms with Crippen LogP contribution in [0.4, 0.5) is 9.59 Å². The first-order valence-electron chi connectivity index (χ1n) is 17.1. The summed E-state index contributed by atoms with van der Waals surface area (Å²) in [4.78, 5) is 51.0. The van der Waals surface area contributed by atoms with Gasteiger partial charge in [0.05, 0.1) is 39.8 Å². The van der Waals surface area contributed by atoms with E-state index in [1.165, 1.54) is 16.2 Å². The predicted octanol–water partition coefficient (Wildman–Crippen LogP) is 6.74. The van der Waals surface area contributed by atoms with E-state index in [0.717, 1.165) is 26.7 Å². The number of benzene rings is 1. The van der Waals surface area contributed by atoms with Crippen LogP contribution in [-0.2, 0) is 29.1 Å². The molecule has 0 aliphatic rings. The van der Waals surface area contributed by atoms with Crippen molar-refractivity contribution in [3.05, 3.63) is 105 Å². The van der Waals surface area contributed by atoms with E-state index in [1.54, 1.807) is 30.1 Å². The van der Waals surface area contributed by atoms with Crippen LogP contribution in [0.5, 0.6) is 0 Å². The molecule has 13 heteroatoms. The second kappa shape index (κ2) is 21.1. The van der Waals surface area contributed by atoms with Gasteiger partial charge < -0.3 is 30.7 Å². The first kappa shape index (κ1) is 41.1. The molecule has 3 rings (SSSR count). The van der Waals surface area contributed by atoms with Gasteiger partial charge >= 0.3 is 12.1 Å². The van der Waals surface area contributed by atoms with E-state index >= 15 is 0 Å². The third-order valence-electron chi connectivity index (χ3n) is 7.95. The summed E-state index contributed by atoms with van der Waals surface area (Å²) in [5.74, 6) is -0.328. The van der Waals surface area contributed by atoms with Gasteiger partial charge in [0.15, 0.2) is 0 Å². The van der Waals surface area contributed by atoms with Crippen molar-refractivity contribution in [1.82, 2.24) is 30.8 Å². The van der Waals surface area contributed by atoms with Crippen molar-refractivity contribution in [2.45, 2.75) is 97.2 Å². The summed E-state index contributed by atoms with van der Waals surface area (Å²) in [6, 6.07) is 6.95. The van der Waals surface area contributed by atoms with Crippen LogP contribution in [-0.4, -0.2) is 69.3 Å². The summed E-state index contributed by atoms with van der Waals surface area (Å²) in [6.07, 6.45) is 8.10. The molecule has 2 aromatic heterocycles. The topological polar surface area (TPSA) is 146 Å². The van der Waals surface area contributed by atoms with Crippen LogP contribution in [0.25, 0.3) is 0 Å². The van der Waals surface area contributed by atoms with E-state index in [4.69, 9.17) is 4.74 Å². The van der Waals surface area contributed by atoms with Gasteiger partial charge in [-0.15, -0.1) is 22.7 Å². The fraction of sp³-hybridized carbons (Fsp3) is 0.447. The second-order valence-corrected chi connectivity index (χ2v) is 15.0. The molecule has 276 valence electrons. The Morgan fingerprint density at radius 1 is 1.06 bits per heavy atom. The van der Waals surface area contributed by atoms with Crippen molar-refractivity contribution in [2.24, 2.45) is 5.92 Å². The number of ether oxygens (including phenoxy) is 1. The summed E-state index contributed by atoms with van der Waals surface area (Å²) in [5, 5.41) is 23.4. The molecule has 4 atom stereocenters. The highest BCUT2D eigenvalue weighted by Gasteiger charge is 2.31. The molecule has 0 saturated carbocycles. The maximum absolute atomic E-state index is 13.9. The van der Waals surface area contributed by atoms with E-state index < -0.39 is 36.4 Å². The van der Waals surface area contributed by atoms with Gasteiger partial charge in [0, 0.05) is 30.6 Å². The molecule has 4 amide bonds. The Kier molecular flexibility index (Phi) is 17.0. The molecule has 1 aromatic carbocycles. The molecule has 3 aromatic rings. The zero-order chi connectivity index (χ0) is 37.3. The molecule has 0 aliphatic heterocycles. The number of amides is 4. The number of urea groups is 1. The SMILES string of the molecule is C=C(/C=C\C=C/C)C[C@@H](C[C@H](O)C(Cc1ccccc1)NC(=O)OCc1cncs1)NC(=O)C(NC(=O)N(C)Cc1csc(C(C)C)n1)C(C)C. The Morgan fingerprint density at radius 2 is 1.80 bits per heavy atom. The van der Waals surface area contributed by atoms with E-state index in [9.17, 15) is 19.5 Å². The number of nitrogens with zero attached hydrogens (tertiary/aromatic N) is 3. The maximum atomic E-state index is 13.9. The molecule has 4 N–H and O–H groups in total. The third-order valence-corrected chi connectivity index (χ3v) is 9.90. The van der Waals surface area contributed by atoms with Crippen molar-refractivity contribution in [1.29, 1.82) is 0 Å². The number of aliphatic hydroxyl groups excluding tert-OH is 1. The van der Waals surface area contributed by atoms with Crippen LogP contribution in [0.2, 0.25) is 0 Å². The highest BCUT2D eigenvalue weighted by molar-refractivity contribution is 7.09. The first-order chi connectivity index (χ1) is 24.4. The quantitative estimate of drug-likeness (QED) is 0.0998. The van der Waals surface area contributed by atoms with Crippen LogP contribution in [0.3, 0.4) is 0 Å². The first-order valence-corrected chi connectivity index (χ1v) is 18.9. The normalized spacial score (nSPS) is 14.0. The number of alkyl carbamates (subject to hydrolysis) is 1. The Labute approximate surface area is 309 Å². The van der Waals surface area contributed by atoms with Crippen LogP contribution in [0.1, 0.15) is 74.5 Å². The van der Waals surface area contributed by atoms with Gasteiger partial charge in [-0.25, -0.2) is 14.6 Å². The molecule has 0 radical (unpaired) electrons. The van der Waals surface area contributed by atoms with Gasteiger partial charge in [0.1, 0.15) is 12.6 Å². The standard InChI is InChI=1S/C38H52N6O5S2/c1-8-9-11-14-27(6)17-29(40-35(46)34(25(2)3)43-37(47)44(7)21-30-23-50-36(41-30)26(4)5)19-33(45)32(18-28-15-12-10-13-16-28)42-38(48)49-22-31-20-39-24-51-31/h8-16,20,23-26,29,32-34,45H,6,17-19,21-22H2,1-5,7H3,(H,40,46)(H,42,48)(H,43,47)/b9-8-,14-11-/t29-,32?,33-,34?/m0/s1. The Bertz CT molecular complexity index is 1590. The Morgan fingerprint density at radius 3 is 2.43 bits per heavy atom. The van der Waals surface area contributed by atoms with E-state index in [-0.39, 0.29) is 24.9 Å². The van der Waals surface area contributed by atoms with Crippen LogP contribution in [0.15, 0.2) is 83.9 Å². The van der Waals surface area contributed by atoms with Gasteiger partial charge in [-0.1, -0.05) is 94.5 Å². The van der Waals surface area contributed by atoms with Crippen LogP contribution in [0, 0.1) is 5.92 Å². The summed E-state index contributed by atoms with van der Waals surface area (Å²) >= 11 is 2.94.